The summed E-state index contributed by atoms with van der Waals surface area (Å²) in [5, 5.41) is 0. The lowest BCUT2D eigenvalue weighted by molar-refractivity contribution is 0.162. The molecule has 2 aromatic heterocycles. The Kier molecular flexibility index (Phi) is 3.48. The van der Waals surface area contributed by atoms with E-state index in [0.717, 1.165) is 11.3 Å². The number of halogens is 1. The largest absolute Gasteiger partial charge is 0.462 e. The van der Waals surface area contributed by atoms with Crippen molar-refractivity contribution >= 4 is 15.9 Å². The van der Waals surface area contributed by atoms with Crippen molar-refractivity contribution < 1.29 is 13.6 Å². The molecule has 86 valence electrons. The normalized spacial score (nSPS) is 12.9. The Morgan fingerprint density at radius 3 is 2.88 bits per heavy atom. The second-order valence-electron chi connectivity index (χ2n) is 3.36. The SMILES string of the molecule is COCc1ccc(C(N)c2ccoc2Br)o1. The Morgan fingerprint density at radius 1 is 1.44 bits per heavy atom. The van der Waals surface area contributed by atoms with E-state index in [4.69, 9.17) is 19.3 Å². The van der Waals surface area contributed by atoms with Crippen molar-refractivity contribution in [3.8, 4) is 0 Å². The Morgan fingerprint density at radius 2 is 2.25 bits per heavy atom. The highest BCUT2D eigenvalue weighted by Crippen LogP contribution is 2.28. The molecule has 0 fully saturated rings. The number of methoxy groups -OCH3 is 1. The molecule has 2 aromatic rings. The van der Waals surface area contributed by atoms with E-state index in [-0.39, 0.29) is 6.04 Å². The average Bonchev–Trinajstić information content (AvgIpc) is 2.87. The van der Waals surface area contributed by atoms with Crippen LogP contribution in [-0.4, -0.2) is 7.11 Å². The topological polar surface area (TPSA) is 61.5 Å². The Labute approximate surface area is 101 Å². The molecule has 0 bridgehead atoms. The fourth-order valence-corrected chi connectivity index (χ4v) is 1.95. The van der Waals surface area contributed by atoms with Crippen LogP contribution in [0, 0.1) is 0 Å². The number of rotatable bonds is 4. The summed E-state index contributed by atoms with van der Waals surface area (Å²) in [6, 6.07) is 5.18. The maximum atomic E-state index is 6.05. The molecule has 0 aromatic carbocycles. The Hall–Kier alpha value is -1.04. The first-order chi connectivity index (χ1) is 7.72. The van der Waals surface area contributed by atoms with Gasteiger partial charge in [-0.2, -0.15) is 0 Å². The lowest BCUT2D eigenvalue weighted by Gasteiger charge is -2.06. The zero-order valence-electron chi connectivity index (χ0n) is 8.77. The van der Waals surface area contributed by atoms with Crippen LogP contribution in [0.15, 0.2) is 38.0 Å². The zero-order valence-corrected chi connectivity index (χ0v) is 10.4. The molecule has 0 saturated heterocycles. The second kappa shape index (κ2) is 4.86. The third kappa shape index (κ3) is 2.21. The molecule has 2 rings (SSSR count). The van der Waals surface area contributed by atoms with Crippen LogP contribution in [0.4, 0.5) is 0 Å². The van der Waals surface area contributed by atoms with Crippen molar-refractivity contribution in [3.05, 3.63) is 46.2 Å². The molecule has 0 amide bonds. The van der Waals surface area contributed by atoms with Gasteiger partial charge in [0, 0.05) is 12.7 Å². The lowest BCUT2D eigenvalue weighted by Crippen LogP contribution is -2.10. The molecule has 0 aliphatic carbocycles. The van der Waals surface area contributed by atoms with Crippen molar-refractivity contribution in [1.82, 2.24) is 0 Å². The van der Waals surface area contributed by atoms with Crippen LogP contribution >= 0.6 is 15.9 Å². The summed E-state index contributed by atoms with van der Waals surface area (Å²) >= 11 is 3.29. The summed E-state index contributed by atoms with van der Waals surface area (Å²) < 4.78 is 16.3. The summed E-state index contributed by atoms with van der Waals surface area (Å²) in [5.74, 6) is 1.45. The van der Waals surface area contributed by atoms with Gasteiger partial charge in [-0.1, -0.05) is 0 Å². The average molecular weight is 286 g/mol. The molecule has 16 heavy (non-hydrogen) atoms. The van der Waals surface area contributed by atoms with Crippen LogP contribution in [0.25, 0.3) is 0 Å². The first kappa shape index (κ1) is 11.4. The van der Waals surface area contributed by atoms with E-state index in [1.54, 1.807) is 13.4 Å². The van der Waals surface area contributed by atoms with Crippen molar-refractivity contribution in [2.45, 2.75) is 12.6 Å². The van der Waals surface area contributed by atoms with Crippen LogP contribution in [0.5, 0.6) is 0 Å². The number of nitrogens with two attached hydrogens (primary N) is 1. The van der Waals surface area contributed by atoms with Gasteiger partial charge in [-0.15, -0.1) is 0 Å². The van der Waals surface area contributed by atoms with Crippen LogP contribution in [-0.2, 0) is 11.3 Å². The lowest BCUT2D eigenvalue weighted by atomic mass is 10.1. The molecule has 2 N–H and O–H groups in total. The molecular formula is C11H12BrNO3. The van der Waals surface area contributed by atoms with Gasteiger partial charge in [0.15, 0.2) is 4.67 Å². The maximum Gasteiger partial charge on any atom is 0.174 e. The molecule has 0 radical (unpaired) electrons. The van der Waals surface area contributed by atoms with Crippen LogP contribution in [0.1, 0.15) is 23.1 Å². The van der Waals surface area contributed by atoms with Crippen molar-refractivity contribution in [1.29, 1.82) is 0 Å². The molecular weight excluding hydrogens is 274 g/mol. The molecule has 2 heterocycles. The molecule has 0 spiro atoms. The highest BCUT2D eigenvalue weighted by molar-refractivity contribution is 9.10. The third-order valence-electron chi connectivity index (χ3n) is 2.26. The highest BCUT2D eigenvalue weighted by Gasteiger charge is 2.17. The highest BCUT2D eigenvalue weighted by atomic mass is 79.9. The first-order valence-corrected chi connectivity index (χ1v) is 5.57. The van der Waals surface area contributed by atoms with E-state index in [1.807, 2.05) is 18.2 Å². The number of hydrogen-bond acceptors (Lipinski definition) is 4. The van der Waals surface area contributed by atoms with Crippen LogP contribution in [0.2, 0.25) is 0 Å². The Balaban J connectivity index is 2.20. The summed E-state index contributed by atoms with van der Waals surface area (Å²) in [4.78, 5) is 0. The maximum absolute atomic E-state index is 6.05. The minimum absolute atomic E-state index is 0.335. The fourth-order valence-electron chi connectivity index (χ4n) is 1.46. The van der Waals surface area contributed by atoms with Crippen molar-refractivity contribution in [2.75, 3.05) is 7.11 Å². The smallest absolute Gasteiger partial charge is 0.174 e. The minimum atomic E-state index is -0.335. The molecule has 0 saturated carbocycles. The first-order valence-electron chi connectivity index (χ1n) is 4.78. The molecule has 4 nitrogen and oxygen atoms in total. The van der Waals surface area contributed by atoms with E-state index in [2.05, 4.69) is 15.9 Å². The predicted octanol–water partition coefficient (Wildman–Crippen LogP) is 2.83. The molecule has 1 unspecified atom stereocenters. The van der Waals surface area contributed by atoms with Gasteiger partial charge in [0.2, 0.25) is 0 Å². The van der Waals surface area contributed by atoms with Crippen molar-refractivity contribution in [2.24, 2.45) is 5.73 Å². The summed E-state index contributed by atoms with van der Waals surface area (Å²) in [6.45, 7) is 0.444. The van der Waals surface area contributed by atoms with Gasteiger partial charge in [-0.05, 0) is 34.1 Å². The van der Waals surface area contributed by atoms with Gasteiger partial charge in [-0.3, -0.25) is 0 Å². The predicted molar refractivity (Wildman–Crippen MR) is 61.9 cm³/mol. The Bertz CT molecular complexity index is 463. The van der Waals surface area contributed by atoms with E-state index in [0.29, 0.717) is 17.0 Å². The van der Waals surface area contributed by atoms with E-state index in [9.17, 15) is 0 Å². The van der Waals surface area contributed by atoms with E-state index in [1.165, 1.54) is 0 Å². The van der Waals surface area contributed by atoms with Crippen LogP contribution < -0.4 is 5.73 Å². The summed E-state index contributed by atoms with van der Waals surface area (Å²) in [6.07, 6.45) is 1.58. The van der Waals surface area contributed by atoms with Crippen molar-refractivity contribution in [3.63, 3.8) is 0 Å². The van der Waals surface area contributed by atoms with E-state index < -0.39 is 0 Å². The summed E-state index contributed by atoms with van der Waals surface area (Å²) in [7, 11) is 1.62. The zero-order chi connectivity index (χ0) is 11.5. The van der Waals surface area contributed by atoms with E-state index >= 15 is 0 Å². The van der Waals surface area contributed by atoms with Gasteiger partial charge >= 0.3 is 0 Å². The number of furan rings is 2. The quantitative estimate of drug-likeness (QED) is 0.938. The van der Waals surface area contributed by atoms with Gasteiger partial charge in [0.25, 0.3) is 0 Å². The fraction of sp³-hybridized carbons (Fsp3) is 0.273. The molecule has 5 heteroatoms. The standard InChI is InChI=1S/C11H12BrNO3/c1-14-6-7-2-3-9(16-7)10(13)8-4-5-15-11(8)12/h2-5,10H,6,13H2,1H3. The molecule has 0 aliphatic heterocycles. The van der Waals surface area contributed by atoms with Gasteiger partial charge < -0.3 is 19.3 Å². The molecule has 1 atom stereocenters. The number of hydrogen-bond donors (Lipinski definition) is 1. The third-order valence-corrected chi connectivity index (χ3v) is 2.90. The van der Waals surface area contributed by atoms with Gasteiger partial charge in [-0.25, -0.2) is 0 Å². The monoisotopic (exact) mass is 285 g/mol. The van der Waals surface area contributed by atoms with Crippen LogP contribution in [0.3, 0.4) is 0 Å². The summed E-state index contributed by atoms with van der Waals surface area (Å²) in [5.41, 5.74) is 6.91. The second-order valence-corrected chi connectivity index (χ2v) is 4.08. The molecule has 0 aliphatic rings. The van der Waals surface area contributed by atoms with Gasteiger partial charge in [0.1, 0.15) is 18.1 Å². The van der Waals surface area contributed by atoms with Gasteiger partial charge in [0.05, 0.1) is 12.3 Å². The minimum Gasteiger partial charge on any atom is -0.462 e. The number of ether oxygens (including phenoxy) is 1.